The van der Waals surface area contributed by atoms with Gasteiger partial charge in [0, 0.05) is 10.4 Å². The molecule has 1 aliphatic carbocycles. The highest BCUT2D eigenvalue weighted by Gasteiger charge is 2.27. The first-order chi connectivity index (χ1) is 13.7. The normalized spacial score (nSPS) is 13.0. The van der Waals surface area contributed by atoms with Gasteiger partial charge < -0.3 is 10.1 Å². The molecule has 1 amide bonds. The highest BCUT2D eigenvalue weighted by molar-refractivity contribution is 7.17. The van der Waals surface area contributed by atoms with E-state index in [2.05, 4.69) is 20.8 Å². The number of esters is 1. The molecule has 0 atom stereocenters. The van der Waals surface area contributed by atoms with Crippen LogP contribution in [0.3, 0.4) is 0 Å². The van der Waals surface area contributed by atoms with Crippen LogP contribution >= 0.6 is 11.3 Å². The summed E-state index contributed by atoms with van der Waals surface area (Å²) in [5.41, 5.74) is 2.65. The number of nitrogens with zero attached hydrogens (tertiary/aromatic N) is 4. The van der Waals surface area contributed by atoms with Crippen LogP contribution in [-0.4, -0.2) is 38.7 Å². The fourth-order valence-electron chi connectivity index (χ4n) is 3.32. The van der Waals surface area contributed by atoms with Crippen LogP contribution in [0.4, 0.5) is 5.00 Å². The first-order valence-electron chi connectivity index (χ1n) is 9.13. The molecule has 1 N–H and O–H groups in total. The van der Waals surface area contributed by atoms with Gasteiger partial charge in [-0.25, -0.2) is 9.48 Å². The molecule has 28 heavy (non-hydrogen) atoms. The molecule has 8 nitrogen and oxygen atoms in total. The Morgan fingerprint density at radius 2 is 2.14 bits per heavy atom. The number of amides is 1. The number of fused-ring (bicyclic) bond motifs is 1. The first kappa shape index (κ1) is 18.3. The highest BCUT2D eigenvalue weighted by atomic mass is 32.1. The van der Waals surface area contributed by atoms with Gasteiger partial charge in [-0.3, -0.25) is 4.79 Å². The largest absolute Gasteiger partial charge is 0.462 e. The van der Waals surface area contributed by atoms with Gasteiger partial charge in [0.2, 0.25) is 0 Å². The molecule has 2 heterocycles. The van der Waals surface area contributed by atoms with Crippen LogP contribution < -0.4 is 5.32 Å². The van der Waals surface area contributed by atoms with Crippen molar-refractivity contribution >= 4 is 28.2 Å². The number of hydrogen-bond donors (Lipinski definition) is 1. The fraction of sp³-hybridized carbons (Fsp3) is 0.316. The van der Waals surface area contributed by atoms with Gasteiger partial charge in [0.15, 0.2) is 0 Å². The molecule has 0 fully saturated rings. The topological polar surface area (TPSA) is 99.0 Å². The summed E-state index contributed by atoms with van der Waals surface area (Å²) >= 11 is 1.47. The number of hydrogen-bond acceptors (Lipinski definition) is 7. The van der Waals surface area contributed by atoms with E-state index >= 15 is 0 Å². The van der Waals surface area contributed by atoms with Crippen molar-refractivity contribution in [1.82, 2.24) is 20.2 Å². The quantitative estimate of drug-likeness (QED) is 0.665. The number of carbonyl (C=O) groups is 2. The number of benzene rings is 1. The van der Waals surface area contributed by atoms with Gasteiger partial charge in [0.25, 0.3) is 5.91 Å². The Morgan fingerprint density at radius 3 is 2.93 bits per heavy atom. The average molecular weight is 397 g/mol. The van der Waals surface area contributed by atoms with Crippen molar-refractivity contribution in [2.75, 3.05) is 11.9 Å². The van der Waals surface area contributed by atoms with Crippen LogP contribution in [0.25, 0.3) is 5.69 Å². The monoisotopic (exact) mass is 397 g/mol. The molecular weight excluding hydrogens is 378 g/mol. The molecule has 2 aromatic heterocycles. The predicted molar refractivity (Wildman–Crippen MR) is 104 cm³/mol. The number of anilines is 1. The van der Waals surface area contributed by atoms with E-state index in [1.165, 1.54) is 22.3 Å². The fourth-order valence-corrected chi connectivity index (χ4v) is 4.59. The SMILES string of the molecule is CCOC(=O)c1c(NC(=O)c2cccc(-n3cnnn3)c2)sc2c1CCCC2. The van der Waals surface area contributed by atoms with Crippen LogP contribution in [-0.2, 0) is 17.6 Å². The van der Waals surface area contributed by atoms with Crippen LogP contribution in [0.1, 0.15) is 50.9 Å². The van der Waals surface area contributed by atoms with Crippen molar-refractivity contribution in [1.29, 1.82) is 0 Å². The lowest BCUT2D eigenvalue weighted by molar-refractivity contribution is 0.0526. The smallest absolute Gasteiger partial charge is 0.341 e. The number of thiophene rings is 1. The summed E-state index contributed by atoms with van der Waals surface area (Å²) in [5.74, 6) is -0.668. The number of carbonyl (C=O) groups excluding carboxylic acids is 2. The molecular formula is C19H19N5O3S. The zero-order chi connectivity index (χ0) is 19.5. The molecule has 0 aliphatic heterocycles. The van der Waals surface area contributed by atoms with Crippen LogP contribution in [0.5, 0.6) is 0 Å². The average Bonchev–Trinajstić information content (AvgIpc) is 3.36. The number of aryl methyl sites for hydroxylation is 1. The molecule has 3 aromatic rings. The van der Waals surface area contributed by atoms with Crippen molar-refractivity contribution in [3.8, 4) is 5.69 Å². The summed E-state index contributed by atoms with van der Waals surface area (Å²) in [7, 11) is 0. The number of rotatable bonds is 5. The number of nitrogens with one attached hydrogen (secondary N) is 1. The lowest BCUT2D eigenvalue weighted by Crippen LogP contribution is -2.16. The third kappa shape index (κ3) is 3.53. The minimum absolute atomic E-state index is 0.293. The number of tetrazole rings is 1. The second kappa shape index (κ2) is 7.89. The van der Waals surface area contributed by atoms with E-state index in [0.717, 1.165) is 36.1 Å². The van der Waals surface area contributed by atoms with Crippen molar-refractivity contribution in [3.05, 3.63) is 52.2 Å². The highest BCUT2D eigenvalue weighted by Crippen LogP contribution is 2.38. The van der Waals surface area contributed by atoms with Crippen molar-refractivity contribution in [3.63, 3.8) is 0 Å². The Labute approximate surface area is 165 Å². The maximum absolute atomic E-state index is 12.9. The van der Waals surface area contributed by atoms with Gasteiger partial charge in [-0.15, -0.1) is 16.4 Å². The minimum Gasteiger partial charge on any atom is -0.462 e. The molecule has 0 radical (unpaired) electrons. The van der Waals surface area contributed by atoms with E-state index < -0.39 is 0 Å². The summed E-state index contributed by atoms with van der Waals surface area (Å²) in [6.07, 6.45) is 5.36. The van der Waals surface area contributed by atoms with Crippen LogP contribution in [0.15, 0.2) is 30.6 Å². The zero-order valence-corrected chi connectivity index (χ0v) is 16.2. The maximum atomic E-state index is 12.9. The first-order valence-corrected chi connectivity index (χ1v) is 9.95. The molecule has 0 unspecified atom stereocenters. The molecule has 4 rings (SSSR count). The molecule has 1 aromatic carbocycles. The number of aromatic nitrogens is 4. The maximum Gasteiger partial charge on any atom is 0.341 e. The van der Waals surface area contributed by atoms with Crippen molar-refractivity contribution in [2.24, 2.45) is 0 Å². The molecule has 144 valence electrons. The van der Waals surface area contributed by atoms with E-state index in [-0.39, 0.29) is 11.9 Å². The molecule has 0 saturated carbocycles. The van der Waals surface area contributed by atoms with Gasteiger partial charge in [0.1, 0.15) is 11.3 Å². The molecule has 1 aliphatic rings. The summed E-state index contributed by atoms with van der Waals surface area (Å²) < 4.78 is 6.72. The van der Waals surface area contributed by atoms with Gasteiger partial charge >= 0.3 is 5.97 Å². The molecule has 0 bridgehead atoms. The predicted octanol–water partition coefficient (Wildman–Crippen LogP) is 3.03. The van der Waals surface area contributed by atoms with Gasteiger partial charge in [-0.05, 0) is 66.8 Å². The lowest BCUT2D eigenvalue weighted by Gasteiger charge is -2.12. The van der Waals surface area contributed by atoms with Crippen molar-refractivity contribution < 1.29 is 14.3 Å². The van der Waals surface area contributed by atoms with Gasteiger partial charge in [-0.2, -0.15) is 0 Å². The number of ether oxygens (including phenoxy) is 1. The summed E-state index contributed by atoms with van der Waals surface area (Å²) in [6.45, 7) is 2.07. The van der Waals surface area contributed by atoms with E-state index in [1.54, 1.807) is 31.2 Å². The Morgan fingerprint density at radius 1 is 1.29 bits per heavy atom. The summed E-state index contributed by atoms with van der Waals surface area (Å²) in [6, 6.07) is 6.97. The third-order valence-corrected chi connectivity index (χ3v) is 5.81. The molecule has 9 heteroatoms. The molecule has 0 saturated heterocycles. The van der Waals surface area contributed by atoms with E-state index in [9.17, 15) is 9.59 Å². The zero-order valence-electron chi connectivity index (χ0n) is 15.3. The second-order valence-electron chi connectivity index (χ2n) is 6.39. The van der Waals surface area contributed by atoms with Gasteiger partial charge in [0.05, 0.1) is 17.9 Å². The third-order valence-electron chi connectivity index (χ3n) is 4.60. The Bertz CT molecular complexity index is 1010. The summed E-state index contributed by atoms with van der Waals surface area (Å²) in [5, 5.41) is 14.5. The van der Waals surface area contributed by atoms with E-state index in [4.69, 9.17) is 4.74 Å². The standard InChI is InChI=1S/C19H19N5O3S/c1-2-27-19(26)16-14-8-3-4-9-15(14)28-18(16)21-17(25)12-6-5-7-13(10-12)24-11-20-22-23-24/h5-7,10-11H,2-4,8-9H2,1H3,(H,21,25). The Hall–Kier alpha value is -3.07. The van der Waals surface area contributed by atoms with Gasteiger partial charge in [-0.1, -0.05) is 6.07 Å². The van der Waals surface area contributed by atoms with Crippen molar-refractivity contribution in [2.45, 2.75) is 32.6 Å². The minimum atomic E-state index is -0.375. The Balaban J connectivity index is 1.64. The van der Waals surface area contributed by atoms with E-state index in [1.807, 2.05) is 0 Å². The second-order valence-corrected chi connectivity index (χ2v) is 7.50. The summed E-state index contributed by atoms with van der Waals surface area (Å²) in [4.78, 5) is 26.6. The molecule has 0 spiro atoms. The van der Waals surface area contributed by atoms with Crippen LogP contribution in [0.2, 0.25) is 0 Å². The van der Waals surface area contributed by atoms with Crippen LogP contribution in [0, 0.1) is 0 Å². The van der Waals surface area contributed by atoms with E-state index in [0.29, 0.717) is 28.4 Å². The lowest BCUT2D eigenvalue weighted by atomic mass is 9.95. The Kier molecular flexibility index (Phi) is 5.16.